The lowest BCUT2D eigenvalue weighted by Gasteiger charge is -2.33. The minimum atomic E-state index is 0.330. The molecule has 0 radical (unpaired) electrons. The van der Waals surface area contributed by atoms with E-state index in [1.807, 2.05) is 0 Å². The molecule has 2 heteroatoms. The van der Waals surface area contributed by atoms with E-state index in [1.54, 1.807) is 0 Å². The highest BCUT2D eigenvalue weighted by Gasteiger charge is 2.35. The van der Waals surface area contributed by atoms with E-state index < -0.39 is 0 Å². The summed E-state index contributed by atoms with van der Waals surface area (Å²) >= 11 is 0. The van der Waals surface area contributed by atoms with Gasteiger partial charge in [0.15, 0.2) is 0 Å². The summed E-state index contributed by atoms with van der Waals surface area (Å²) in [5, 5.41) is 12.4. The van der Waals surface area contributed by atoms with E-state index in [2.05, 4.69) is 19.2 Å². The molecule has 1 fully saturated rings. The van der Waals surface area contributed by atoms with Crippen molar-refractivity contribution in [2.75, 3.05) is 13.2 Å². The van der Waals surface area contributed by atoms with Gasteiger partial charge in [0.05, 0.1) is 0 Å². The third-order valence-electron chi connectivity index (χ3n) is 3.16. The fourth-order valence-electron chi connectivity index (χ4n) is 2.22. The highest BCUT2D eigenvalue weighted by Crippen LogP contribution is 2.31. The molecule has 2 N–H and O–H groups in total. The van der Waals surface area contributed by atoms with Gasteiger partial charge in [0, 0.05) is 12.1 Å². The van der Waals surface area contributed by atoms with Gasteiger partial charge >= 0.3 is 0 Å². The van der Waals surface area contributed by atoms with Crippen molar-refractivity contribution in [1.82, 2.24) is 5.32 Å². The smallest absolute Gasteiger partial charge is 0.0431 e. The minimum absolute atomic E-state index is 0.330. The highest BCUT2D eigenvalue weighted by molar-refractivity contribution is 4.95. The Kier molecular flexibility index (Phi) is 3.53. The minimum Gasteiger partial charge on any atom is -0.396 e. The van der Waals surface area contributed by atoms with Crippen molar-refractivity contribution in [3.05, 3.63) is 0 Å². The Hall–Kier alpha value is -0.0800. The third-order valence-corrected chi connectivity index (χ3v) is 3.16. The van der Waals surface area contributed by atoms with Crippen LogP contribution >= 0.6 is 0 Å². The first-order valence-electron chi connectivity index (χ1n) is 5.07. The van der Waals surface area contributed by atoms with E-state index in [4.69, 9.17) is 5.11 Å². The summed E-state index contributed by atoms with van der Waals surface area (Å²) in [6, 6.07) is 0. The molecule has 0 aromatic heterocycles. The summed E-state index contributed by atoms with van der Waals surface area (Å²) in [7, 11) is 0. The van der Waals surface area contributed by atoms with Crippen molar-refractivity contribution in [2.45, 2.75) is 45.1 Å². The number of aliphatic hydroxyl groups excluding tert-OH is 1. The lowest BCUT2D eigenvalue weighted by Crippen LogP contribution is -2.44. The zero-order chi connectivity index (χ0) is 9.03. The molecule has 1 saturated heterocycles. The molecule has 0 aromatic carbocycles. The van der Waals surface area contributed by atoms with Crippen LogP contribution in [0.5, 0.6) is 0 Å². The molecular weight excluding hydrogens is 150 g/mol. The maximum absolute atomic E-state index is 8.80. The van der Waals surface area contributed by atoms with Crippen molar-refractivity contribution in [3.63, 3.8) is 0 Å². The standard InChI is InChI=1S/C10H21NO/c1-9(2)10(6-4-8-12)5-3-7-11-10/h9,11-12H,3-8H2,1-2H3. The number of rotatable bonds is 4. The van der Waals surface area contributed by atoms with E-state index in [0.29, 0.717) is 18.1 Å². The van der Waals surface area contributed by atoms with Crippen molar-refractivity contribution < 1.29 is 5.11 Å². The zero-order valence-electron chi connectivity index (χ0n) is 8.27. The van der Waals surface area contributed by atoms with Gasteiger partial charge in [-0.25, -0.2) is 0 Å². The average molecular weight is 171 g/mol. The Morgan fingerprint density at radius 3 is 2.67 bits per heavy atom. The van der Waals surface area contributed by atoms with Gasteiger partial charge in [-0.1, -0.05) is 13.8 Å². The first-order chi connectivity index (χ1) is 5.71. The largest absolute Gasteiger partial charge is 0.396 e. The van der Waals surface area contributed by atoms with E-state index in [-0.39, 0.29) is 0 Å². The van der Waals surface area contributed by atoms with Crippen molar-refractivity contribution >= 4 is 0 Å². The molecule has 0 bridgehead atoms. The van der Waals surface area contributed by atoms with Crippen LogP contribution in [0.25, 0.3) is 0 Å². The van der Waals surface area contributed by atoms with Crippen LogP contribution < -0.4 is 5.32 Å². The first kappa shape index (κ1) is 10.0. The van der Waals surface area contributed by atoms with Gasteiger partial charge in [-0.05, 0) is 38.1 Å². The summed E-state index contributed by atoms with van der Waals surface area (Å²) in [5.74, 6) is 0.687. The van der Waals surface area contributed by atoms with E-state index in [0.717, 1.165) is 19.4 Å². The van der Waals surface area contributed by atoms with E-state index in [9.17, 15) is 0 Å². The van der Waals surface area contributed by atoms with Crippen LogP contribution in [0.3, 0.4) is 0 Å². The summed E-state index contributed by atoms with van der Waals surface area (Å²) in [6.07, 6.45) is 4.64. The zero-order valence-corrected chi connectivity index (χ0v) is 8.27. The fourth-order valence-corrected chi connectivity index (χ4v) is 2.22. The van der Waals surface area contributed by atoms with Gasteiger partial charge < -0.3 is 10.4 Å². The molecule has 0 aliphatic carbocycles. The first-order valence-corrected chi connectivity index (χ1v) is 5.07. The van der Waals surface area contributed by atoms with Crippen LogP contribution in [0.2, 0.25) is 0 Å². The van der Waals surface area contributed by atoms with Crippen molar-refractivity contribution in [1.29, 1.82) is 0 Å². The van der Waals surface area contributed by atoms with Crippen LogP contribution in [-0.4, -0.2) is 23.8 Å². The Morgan fingerprint density at radius 2 is 2.25 bits per heavy atom. The topological polar surface area (TPSA) is 32.3 Å². The van der Waals surface area contributed by atoms with Crippen molar-refractivity contribution in [2.24, 2.45) is 5.92 Å². The second-order valence-electron chi connectivity index (χ2n) is 4.17. The molecule has 1 heterocycles. The SMILES string of the molecule is CC(C)C1(CCCO)CCCN1. The molecule has 1 aliphatic heterocycles. The Balaban J connectivity index is 2.47. The van der Waals surface area contributed by atoms with Crippen LogP contribution in [-0.2, 0) is 0 Å². The maximum Gasteiger partial charge on any atom is 0.0431 e. The Morgan fingerprint density at radius 1 is 1.50 bits per heavy atom. The molecule has 1 aliphatic rings. The molecule has 0 amide bonds. The maximum atomic E-state index is 8.80. The summed E-state index contributed by atoms with van der Waals surface area (Å²) in [4.78, 5) is 0. The molecule has 0 aromatic rings. The van der Waals surface area contributed by atoms with Crippen LogP contribution in [0, 0.1) is 5.92 Å². The molecule has 0 saturated carbocycles. The Labute approximate surface area is 75.4 Å². The number of hydrogen-bond acceptors (Lipinski definition) is 2. The quantitative estimate of drug-likeness (QED) is 0.672. The normalized spacial score (nSPS) is 30.0. The molecule has 72 valence electrons. The molecule has 0 spiro atoms. The Bertz CT molecular complexity index is 128. The fraction of sp³-hybridized carbons (Fsp3) is 1.00. The summed E-state index contributed by atoms with van der Waals surface area (Å²) < 4.78 is 0. The second kappa shape index (κ2) is 4.24. The second-order valence-corrected chi connectivity index (χ2v) is 4.17. The van der Waals surface area contributed by atoms with Crippen LogP contribution in [0.15, 0.2) is 0 Å². The van der Waals surface area contributed by atoms with Crippen LogP contribution in [0.4, 0.5) is 0 Å². The molecular formula is C10H21NO. The molecule has 2 nitrogen and oxygen atoms in total. The van der Waals surface area contributed by atoms with Gasteiger partial charge in [0.2, 0.25) is 0 Å². The average Bonchev–Trinajstić information content (AvgIpc) is 2.50. The van der Waals surface area contributed by atoms with Crippen molar-refractivity contribution in [3.8, 4) is 0 Å². The van der Waals surface area contributed by atoms with Crippen LogP contribution in [0.1, 0.15) is 39.5 Å². The van der Waals surface area contributed by atoms with Gasteiger partial charge in [0.1, 0.15) is 0 Å². The molecule has 12 heavy (non-hydrogen) atoms. The third kappa shape index (κ3) is 1.99. The van der Waals surface area contributed by atoms with Gasteiger partial charge in [-0.2, -0.15) is 0 Å². The summed E-state index contributed by atoms with van der Waals surface area (Å²) in [6.45, 7) is 6.03. The van der Waals surface area contributed by atoms with Gasteiger partial charge in [-0.15, -0.1) is 0 Å². The van der Waals surface area contributed by atoms with E-state index >= 15 is 0 Å². The summed E-state index contributed by atoms with van der Waals surface area (Å²) in [5.41, 5.74) is 0.336. The molecule has 1 unspecified atom stereocenters. The lowest BCUT2D eigenvalue weighted by atomic mass is 9.81. The predicted molar refractivity (Wildman–Crippen MR) is 51.1 cm³/mol. The van der Waals surface area contributed by atoms with E-state index in [1.165, 1.54) is 12.8 Å². The van der Waals surface area contributed by atoms with Gasteiger partial charge in [0.25, 0.3) is 0 Å². The number of aliphatic hydroxyl groups is 1. The van der Waals surface area contributed by atoms with Gasteiger partial charge in [-0.3, -0.25) is 0 Å². The highest BCUT2D eigenvalue weighted by atomic mass is 16.2. The predicted octanol–water partition coefficient (Wildman–Crippen LogP) is 1.54. The molecule has 1 atom stereocenters. The number of hydrogen-bond donors (Lipinski definition) is 2. The monoisotopic (exact) mass is 171 g/mol. The lowest BCUT2D eigenvalue weighted by molar-refractivity contribution is 0.210. The number of nitrogens with one attached hydrogen (secondary N) is 1. The molecule has 1 rings (SSSR count).